The fraction of sp³-hybridized carbons (Fsp3) is 0.292. The van der Waals surface area contributed by atoms with Crippen molar-refractivity contribution in [2.45, 2.75) is 24.8 Å². The van der Waals surface area contributed by atoms with Gasteiger partial charge < -0.3 is 15.0 Å². The van der Waals surface area contributed by atoms with Crippen molar-refractivity contribution in [3.63, 3.8) is 0 Å². The fourth-order valence-electron chi connectivity index (χ4n) is 4.00. The third-order valence-corrected chi connectivity index (χ3v) is 6.93. The molecular weight excluding hydrogens is 454 g/mol. The summed E-state index contributed by atoms with van der Waals surface area (Å²) in [5, 5.41) is 3.07. The second-order valence-corrected chi connectivity index (χ2v) is 9.98. The van der Waals surface area contributed by atoms with Gasteiger partial charge in [-0.1, -0.05) is 24.3 Å². The Balaban J connectivity index is 1.90. The number of nitrogens with one attached hydrogen (secondary N) is 2. The van der Waals surface area contributed by atoms with Crippen LogP contribution in [0.25, 0.3) is 11.3 Å². The number of aryl methyl sites for hydroxylation is 2. The molecule has 9 nitrogen and oxygen atoms in total. The largest absolute Gasteiger partial charge is 0.471 e. The first-order valence-electron chi connectivity index (χ1n) is 10.8. The van der Waals surface area contributed by atoms with Crippen molar-refractivity contribution in [1.29, 1.82) is 0 Å². The Hall–Kier alpha value is -3.50. The van der Waals surface area contributed by atoms with E-state index in [2.05, 4.69) is 20.0 Å². The first-order valence-corrected chi connectivity index (χ1v) is 12.3. The van der Waals surface area contributed by atoms with Crippen LogP contribution in [0.3, 0.4) is 0 Å². The number of hydrogen-bond donors (Lipinski definition) is 2. The summed E-state index contributed by atoms with van der Waals surface area (Å²) >= 11 is 0. The van der Waals surface area contributed by atoms with E-state index >= 15 is 0 Å². The van der Waals surface area contributed by atoms with Gasteiger partial charge in [-0.25, -0.2) is 18.1 Å². The van der Waals surface area contributed by atoms with Crippen LogP contribution in [-0.4, -0.2) is 62.5 Å². The molecule has 2 aromatic carbocycles. The van der Waals surface area contributed by atoms with Crippen molar-refractivity contribution < 1.29 is 17.9 Å². The molecule has 178 valence electrons. The van der Waals surface area contributed by atoms with Gasteiger partial charge in [0.15, 0.2) is 0 Å². The van der Waals surface area contributed by atoms with Gasteiger partial charge in [0.25, 0.3) is 15.9 Å². The highest BCUT2D eigenvalue weighted by molar-refractivity contribution is 7.92. The van der Waals surface area contributed by atoms with Crippen LogP contribution in [0.1, 0.15) is 21.5 Å². The maximum absolute atomic E-state index is 13.1. The van der Waals surface area contributed by atoms with E-state index in [4.69, 9.17) is 4.74 Å². The van der Waals surface area contributed by atoms with Crippen molar-refractivity contribution in [2.75, 3.05) is 31.9 Å². The molecule has 1 atom stereocenters. The number of rotatable bonds is 3. The van der Waals surface area contributed by atoms with Crippen LogP contribution in [0.2, 0.25) is 0 Å². The van der Waals surface area contributed by atoms with Crippen molar-refractivity contribution in [1.82, 2.24) is 20.2 Å². The molecule has 0 radical (unpaired) electrons. The lowest BCUT2D eigenvalue weighted by atomic mass is 10.00. The lowest BCUT2D eigenvalue weighted by Gasteiger charge is -2.25. The maximum atomic E-state index is 13.1. The molecule has 1 aromatic heterocycles. The molecular formula is C24H27N5O4S. The number of sulfonamides is 1. The second-order valence-electron chi connectivity index (χ2n) is 8.30. The normalized spacial score (nSPS) is 17.6. The molecule has 34 heavy (non-hydrogen) atoms. The predicted molar refractivity (Wildman–Crippen MR) is 129 cm³/mol. The third kappa shape index (κ3) is 4.87. The zero-order valence-electron chi connectivity index (χ0n) is 19.5. The van der Waals surface area contributed by atoms with Gasteiger partial charge in [-0.3, -0.25) is 4.79 Å². The molecule has 0 spiro atoms. The highest BCUT2D eigenvalue weighted by Crippen LogP contribution is 2.30. The van der Waals surface area contributed by atoms with E-state index in [1.165, 1.54) is 23.1 Å². The van der Waals surface area contributed by atoms with Crippen LogP contribution in [0.15, 0.2) is 53.4 Å². The van der Waals surface area contributed by atoms with Gasteiger partial charge >= 0.3 is 0 Å². The molecule has 0 aliphatic carbocycles. The molecule has 0 unspecified atom stereocenters. The van der Waals surface area contributed by atoms with Gasteiger partial charge in [-0.05, 0) is 50.2 Å². The average molecular weight is 482 g/mol. The highest BCUT2D eigenvalue weighted by Gasteiger charge is 2.24. The number of carbonyl (C=O) groups is 1. The number of benzene rings is 2. The SMILES string of the molecule is CNC[C@@H]1CN(C)C(=O)c2cccc(c2)S(=O)(=O)Nc2nc(cc(-c3c(C)cccc3C)n2)O1. The summed E-state index contributed by atoms with van der Waals surface area (Å²) in [6.07, 6.45) is -0.437. The number of hydrogen-bond acceptors (Lipinski definition) is 7. The Kier molecular flexibility index (Phi) is 6.54. The molecule has 10 heteroatoms. The minimum atomic E-state index is -4.06. The third-order valence-electron chi connectivity index (χ3n) is 5.60. The predicted octanol–water partition coefficient (Wildman–Crippen LogP) is 2.61. The number of amides is 1. The molecule has 4 bridgehead atoms. The zero-order chi connectivity index (χ0) is 24.5. The monoisotopic (exact) mass is 481 g/mol. The average Bonchev–Trinajstić information content (AvgIpc) is 2.78. The minimum absolute atomic E-state index is 0.0543. The Labute approximate surface area is 199 Å². The first kappa shape index (κ1) is 23.7. The van der Waals surface area contributed by atoms with E-state index in [-0.39, 0.29) is 34.7 Å². The number of ether oxygens (including phenoxy) is 1. The van der Waals surface area contributed by atoms with Crippen LogP contribution < -0.4 is 14.8 Å². The van der Waals surface area contributed by atoms with Crippen LogP contribution >= 0.6 is 0 Å². The number of aromatic nitrogens is 2. The highest BCUT2D eigenvalue weighted by atomic mass is 32.2. The summed E-state index contributed by atoms with van der Waals surface area (Å²) in [6.45, 7) is 4.64. The van der Waals surface area contributed by atoms with E-state index in [1.54, 1.807) is 26.2 Å². The van der Waals surface area contributed by atoms with Crippen LogP contribution in [0.4, 0.5) is 5.95 Å². The molecule has 0 saturated heterocycles. The Morgan fingerprint density at radius 3 is 2.53 bits per heavy atom. The Morgan fingerprint density at radius 2 is 1.82 bits per heavy atom. The smallest absolute Gasteiger partial charge is 0.264 e. The summed E-state index contributed by atoms with van der Waals surface area (Å²) < 4.78 is 34.9. The molecule has 4 rings (SSSR count). The molecule has 2 heterocycles. The van der Waals surface area contributed by atoms with E-state index in [1.807, 2.05) is 32.0 Å². The molecule has 0 saturated carbocycles. The van der Waals surface area contributed by atoms with Crippen molar-refractivity contribution >= 4 is 21.9 Å². The number of nitrogens with zero attached hydrogens (tertiary/aromatic N) is 3. The second kappa shape index (κ2) is 9.40. The number of carbonyl (C=O) groups excluding carboxylic acids is 1. The van der Waals surface area contributed by atoms with Gasteiger partial charge in [0.05, 0.1) is 17.1 Å². The van der Waals surface area contributed by atoms with E-state index in [0.717, 1.165) is 16.7 Å². The van der Waals surface area contributed by atoms with Crippen molar-refractivity contribution in [2.24, 2.45) is 0 Å². The van der Waals surface area contributed by atoms with E-state index < -0.39 is 16.1 Å². The topological polar surface area (TPSA) is 114 Å². The number of likely N-dealkylation sites (N-methyl/N-ethyl adjacent to an activating group) is 2. The fourth-order valence-corrected chi connectivity index (χ4v) is 4.99. The maximum Gasteiger partial charge on any atom is 0.264 e. The first-order chi connectivity index (χ1) is 16.2. The number of anilines is 1. The minimum Gasteiger partial charge on any atom is -0.471 e. The van der Waals surface area contributed by atoms with Gasteiger partial charge in [0.1, 0.15) is 6.10 Å². The molecule has 2 N–H and O–H groups in total. The quantitative estimate of drug-likeness (QED) is 0.591. The zero-order valence-corrected chi connectivity index (χ0v) is 20.3. The summed E-state index contributed by atoms with van der Waals surface area (Å²) in [4.78, 5) is 23.3. The standard InChI is InChI=1S/C24H27N5O4S/c1-15-7-5-8-16(2)22(15)20-12-21-27-24(26-20)28-34(31,32)19-10-6-9-17(11-19)23(30)29(4)14-18(33-21)13-25-3/h5-12,18,25H,13-14H2,1-4H3,(H,26,27,28)/t18-/m1/s1. The molecule has 1 aliphatic heterocycles. The summed E-state index contributed by atoms with van der Waals surface area (Å²) in [5.74, 6) is -0.213. The summed E-state index contributed by atoms with van der Waals surface area (Å²) in [6, 6.07) is 13.5. The summed E-state index contributed by atoms with van der Waals surface area (Å²) in [5.41, 5.74) is 3.65. The lowest BCUT2D eigenvalue weighted by Crippen LogP contribution is -2.42. The molecule has 3 aromatic rings. The van der Waals surface area contributed by atoms with Crippen molar-refractivity contribution in [3.05, 3.63) is 65.2 Å². The Morgan fingerprint density at radius 1 is 1.12 bits per heavy atom. The van der Waals surface area contributed by atoms with E-state index in [0.29, 0.717) is 12.2 Å². The van der Waals surface area contributed by atoms with E-state index in [9.17, 15) is 13.2 Å². The lowest BCUT2D eigenvalue weighted by molar-refractivity contribution is 0.0708. The van der Waals surface area contributed by atoms with Gasteiger partial charge in [-0.2, -0.15) is 4.98 Å². The molecule has 1 amide bonds. The molecule has 0 fully saturated rings. The van der Waals surface area contributed by atoms with Crippen LogP contribution in [-0.2, 0) is 10.0 Å². The van der Waals surface area contributed by atoms with Crippen LogP contribution in [0, 0.1) is 13.8 Å². The molecule has 1 aliphatic rings. The van der Waals surface area contributed by atoms with Crippen LogP contribution in [0.5, 0.6) is 5.88 Å². The van der Waals surface area contributed by atoms with Crippen molar-refractivity contribution in [3.8, 4) is 17.1 Å². The van der Waals surface area contributed by atoms with Gasteiger partial charge in [-0.15, -0.1) is 0 Å². The Bertz CT molecular complexity index is 1320. The van der Waals surface area contributed by atoms with Gasteiger partial charge in [0, 0.05) is 30.8 Å². The number of fused-ring (bicyclic) bond motifs is 4. The summed E-state index contributed by atoms with van der Waals surface area (Å²) in [7, 11) is -0.613. The van der Waals surface area contributed by atoms with Gasteiger partial charge in [0.2, 0.25) is 11.8 Å².